The number of sulfone groups is 1. The van der Waals surface area contributed by atoms with Gasteiger partial charge in [-0.3, -0.25) is 0 Å². The van der Waals surface area contributed by atoms with E-state index in [9.17, 15) is 13.2 Å². The van der Waals surface area contributed by atoms with Crippen LogP contribution < -0.4 is 0 Å². The summed E-state index contributed by atoms with van der Waals surface area (Å²) in [6, 6.07) is 12.2. The van der Waals surface area contributed by atoms with Gasteiger partial charge in [0.2, 0.25) is 0 Å². The van der Waals surface area contributed by atoms with Crippen LogP contribution in [0, 0.1) is 0 Å². The predicted octanol–water partition coefficient (Wildman–Crippen LogP) is 4.40. The molecular formula is C21H22O4S. The summed E-state index contributed by atoms with van der Waals surface area (Å²) in [6.07, 6.45) is 2.59. The Morgan fingerprint density at radius 3 is 2.31 bits per heavy atom. The number of hydrogen-bond acceptors (Lipinski definition) is 3. The molecule has 0 unspecified atom stereocenters. The molecule has 0 fully saturated rings. The van der Waals surface area contributed by atoms with Gasteiger partial charge in [0, 0.05) is 0 Å². The number of aromatic carboxylic acids is 1. The summed E-state index contributed by atoms with van der Waals surface area (Å²) in [5.41, 5.74) is 3.80. The zero-order valence-corrected chi connectivity index (χ0v) is 15.9. The van der Waals surface area contributed by atoms with Crippen molar-refractivity contribution in [1.82, 2.24) is 0 Å². The first kappa shape index (κ1) is 18.4. The molecule has 0 saturated heterocycles. The zero-order chi connectivity index (χ0) is 19.1. The highest BCUT2D eigenvalue weighted by molar-refractivity contribution is 7.91. The van der Waals surface area contributed by atoms with Crippen LogP contribution in [-0.2, 0) is 15.3 Å². The third-order valence-electron chi connectivity index (χ3n) is 5.04. The van der Waals surface area contributed by atoms with Crippen LogP contribution in [0.2, 0.25) is 0 Å². The van der Waals surface area contributed by atoms with Crippen molar-refractivity contribution in [3.63, 3.8) is 0 Å². The maximum Gasteiger partial charge on any atom is 0.335 e. The van der Waals surface area contributed by atoms with E-state index in [4.69, 9.17) is 5.11 Å². The summed E-state index contributed by atoms with van der Waals surface area (Å²) >= 11 is 0. The van der Waals surface area contributed by atoms with Crippen LogP contribution in [0.15, 0.2) is 47.4 Å². The van der Waals surface area contributed by atoms with Crippen molar-refractivity contribution in [2.75, 3.05) is 5.75 Å². The van der Waals surface area contributed by atoms with Crippen LogP contribution in [0.5, 0.6) is 0 Å². The molecule has 136 valence electrons. The number of rotatable bonds is 3. The Bertz CT molecular complexity index is 997. The number of hydrogen-bond donors (Lipinski definition) is 1. The molecule has 1 aliphatic rings. The van der Waals surface area contributed by atoms with Crippen molar-refractivity contribution in [2.45, 2.75) is 37.5 Å². The number of carbonyl (C=O) groups is 1. The molecular weight excluding hydrogens is 348 g/mol. The van der Waals surface area contributed by atoms with Crippen LogP contribution >= 0.6 is 0 Å². The van der Waals surface area contributed by atoms with Crippen LogP contribution in [0.25, 0.3) is 11.6 Å². The van der Waals surface area contributed by atoms with E-state index >= 15 is 0 Å². The van der Waals surface area contributed by atoms with Crippen molar-refractivity contribution >= 4 is 27.5 Å². The lowest BCUT2D eigenvalue weighted by Crippen LogP contribution is -2.30. The SMILES string of the molecule is C/C(=C\c1ccc(C(=O)O)cc1)c1ccc2c(c1)C(C)(C)CCS2(=O)=O. The van der Waals surface area contributed by atoms with Crippen molar-refractivity contribution in [2.24, 2.45) is 0 Å². The number of fused-ring (bicyclic) bond motifs is 1. The van der Waals surface area contributed by atoms with Crippen molar-refractivity contribution in [3.05, 3.63) is 64.7 Å². The highest BCUT2D eigenvalue weighted by atomic mass is 32.2. The average molecular weight is 370 g/mol. The Kier molecular flexibility index (Phi) is 4.53. The first-order valence-electron chi connectivity index (χ1n) is 8.49. The second-order valence-electron chi connectivity index (χ2n) is 7.42. The predicted molar refractivity (Wildman–Crippen MR) is 103 cm³/mol. The Morgan fingerprint density at radius 2 is 1.69 bits per heavy atom. The number of allylic oxidation sites excluding steroid dienone is 1. The topological polar surface area (TPSA) is 71.4 Å². The Morgan fingerprint density at radius 1 is 1.08 bits per heavy atom. The van der Waals surface area contributed by atoms with Gasteiger partial charge in [0.15, 0.2) is 9.84 Å². The summed E-state index contributed by atoms with van der Waals surface area (Å²) in [6.45, 7) is 6.12. The van der Waals surface area contributed by atoms with Crippen molar-refractivity contribution < 1.29 is 18.3 Å². The molecule has 0 spiro atoms. The Balaban J connectivity index is 2.01. The highest BCUT2D eigenvalue weighted by Gasteiger charge is 2.35. The zero-order valence-electron chi connectivity index (χ0n) is 15.1. The molecule has 5 heteroatoms. The van der Waals surface area contributed by atoms with E-state index in [0.717, 1.165) is 22.3 Å². The maximum atomic E-state index is 12.4. The molecule has 0 saturated carbocycles. The lowest BCUT2D eigenvalue weighted by molar-refractivity contribution is 0.0697. The molecule has 0 amide bonds. The summed E-state index contributed by atoms with van der Waals surface area (Å²) in [5, 5.41) is 8.98. The Hall–Kier alpha value is -2.40. The molecule has 1 N–H and O–H groups in total. The van der Waals surface area contributed by atoms with E-state index < -0.39 is 15.8 Å². The minimum atomic E-state index is -3.20. The lowest BCUT2D eigenvalue weighted by Gasteiger charge is -2.32. The molecule has 0 aromatic heterocycles. The fourth-order valence-corrected chi connectivity index (χ4v) is 5.21. The van der Waals surface area contributed by atoms with Gasteiger partial charge >= 0.3 is 5.97 Å². The molecule has 0 aliphatic carbocycles. The third kappa shape index (κ3) is 3.44. The monoisotopic (exact) mass is 370 g/mol. The van der Waals surface area contributed by atoms with Crippen molar-refractivity contribution in [1.29, 1.82) is 0 Å². The second-order valence-corrected chi connectivity index (χ2v) is 9.50. The van der Waals surface area contributed by atoms with Gasteiger partial charge in [0.1, 0.15) is 0 Å². The lowest BCUT2D eigenvalue weighted by atomic mass is 9.80. The minimum absolute atomic E-state index is 0.180. The molecule has 1 heterocycles. The van der Waals surface area contributed by atoms with Gasteiger partial charge in [0.25, 0.3) is 0 Å². The largest absolute Gasteiger partial charge is 0.478 e. The quantitative estimate of drug-likeness (QED) is 0.813. The van der Waals surface area contributed by atoms with Crippen molar-refractivity contribution in [3.8, 4) is 0 Å². The van der Waals surface area contributed by atoms with Gasteiger partial charge in [-0.25, -0.2) is 13.2 Å². The van der Waals surface area contributed by atoms with E-state index in [-0.39, 0.29) is 16.7 Å². The van der Waals surface area contributed by atoms with E-state index in [1.165, 1.54) is 0 Å². The van der Waals surface area contributed by atoms with E-state index in [0.29, 0.717) is 11.3 Å². The van der Waals surface area contributed by atoms with Gasteiger partial charge < -0.3 is 5.11 Å². The molecule has 0 bridgehead atoms. The molecule has 0 atom stereocenters. The highest BCUT2D eigenvalue weighted by Crippen LogP contribution is 2.39. The maximum absolute atomic E-state index is 12.4. The van der Waals surface area contributed by atoms with Gasteiger partial charge in [0.05, 0.1) is 16.2 Å². The number of benzene rings is 2. The molecule has 3 rings (SSSR count). The molecule has 1 aliphatic heterocycles. The number of carboxylic acids is 1. The van der Waals surface area contributed by atoms with Crippen LogP contribution in [0.1, 0.15) is 54.2 Å². The molecule has 2 aromatic carbocycles. The van der Waals surface area contributed by atoms with E-state index in [1.807, 2.05) is 25.1 Å². The van der Waals surface area contributed by atoms with Crippen LogP contribution in [0.4, 0.5) is 0 Å². The molecule has 4 nitrogen and oxygen atoms in total. The van der Waals surface area contributed by atoms with Gasteiger partial charge in [-0.05, 0) is 65.3 Å². The third-order valence-corrected chi connectivity index (χ3v) is 6.80. The summed E-state index contributed by atoms with van der Waals surface area (Å²) in [7, 11) is -3.20. The summed E-state index contributed by atoms with van der Waals surface area (Å²) in [5.74, 6) is -0.757. The summed E-state index contributed by atoms with van der Waals surface area (Å²) in [4.78, 5) is 11.4. The Labute approximate surface area is 154 Å². The fraction of sp³-hybridized carbons (Fsp3) is 0.286. The first-order chi connectivity index (χ1) is 12.1. The first-order valence-corrected chi connectivity index (χ1v) is 10.1. The summed E-state index contributed by atoms with van der Waals surface area (Å²) < 4.78 is 24.7. The van der Waals surface area contributed by atoms with Gasteiger partial charge in [-0.2, -0.15) is 0 Å². The smallest absolute Gasteiger partial charge is 0.335 e. The van der Waals surface area contributed by atoms with Crippen LogP contribution in [-0.4, -0.2) is 25.2 Å². The van der Waals surface area contributed by atoms with E-state index in [2.05, 4.69) is 13.8 Å². The average Bonchev–Trinajstić information content (AvgIpc) is 2.59. The van der Waals surface area contributed by atoms with Gasteiger partial charge in [-0.1, -0.05) is 38.1 Å². The fourth-order valence-electron chi connectivity index (χ4n) is 3.26. The minimum Gasteiger partial charge on any atom is -0.478 e. The molecule has 2 aromatic rings. The second kappa shape index (κ2) is 6.40. The normalized spacial score (nSPS) is 18.2. The van der Waals surface area contributed by atoms with Crippen LogP contribution in [0.3, 0.4) is 0 Å². The van der Waals surface area contributed by atoms with E-state index in [1.54, 1.807) is 30.3 Å². The standard InChI is InChI=1S/C21H22O4S/c1-14(12-15-4-6-16(7-5-15)20(22)23)17-8-9-19-18(13-17)21(2,3)10-11-26(19,24)25/h4-9,12-13H,10-11H2,1-3H3,(H,22,23)/b14-12+. The van der Waals surface area contributed by atoms with Gasteiger partial charge in [-0.15, -0.1) is 0 Å². The molecule has 26 heavy (non-hydrogen) atoms. The number of carboxylic acid groups (broad SMARTS) is 1. The molecule has 0 radical (unpaired) electrons.